The van der Waals surface area contributed by atoms with Crippen LogP contribution < -0.4 is 0 Å². The van der Waals surface area contributed by atoms with E-state index in [0.717, 1.165) is 5.56 Å². The molecule has 0 aliphatic heterocycles. The van der Waals surface area contributed by atoms with Gasteiger partial charge >= 0.3 is 0 Å². The largest absolute Gasteiger partial charge is 0.296 e. The second kappa shape index (κ2) is 5.36. The lowest BCUT2D eigenvalue weighted by atomic mass is 10.2. The highest BCUT2D eigenvalue weighted by atomic mass is 16.1. The number of hydrogen-bond donors (Lipinski definition) is 0. The summed E-state index contributed by atoms with van der Waals surface area (Å²) in [5.74, 6) is 0.397. The first-order valence-corrected chi connectivity index (χ1v) is 6.04. The van der Waals surface area contributed by atoms with Crippen molar-refractivity contribution in [3.8, 4) is 22.8 Å². The number of pyridine rings is 1. The van der Waals surface area contributed by atoms with Crippen LogP contribution in [0.25, 0.3) is 22.8 Å². The molecule has 0 unspecified atom stereocenters. The van der Waals surface area contributed by atoms with Crippen LogP contribution in [0.4, 0.5) is 0 Å². The molecule has 0 N–H and O–H groups in total. The lowest BCUT2D eigenvalue weighted by Crippen LogP contribution is -1.97. The first-order valence-electron chi connectivity index (χ1n) is 6.04. The summed E-state index contributed by atoms with van der Waals surface area (Å²) in [6.45, 7) is 0. The third kappa shape index (κ3) is 2.42. The van der Waals surface area contributed by atoms with E-state index in [1.54, 1.807) is 24.4 Å². The van der Waals surface area contributed by atoms with Crippen molar-refractivity contribution in [1.29, 1.82) is 0 Å². The minimum Gasteiger partial charge on any atom is -0.296 e. The monoisotopic (exact) mass is 262 g/mol. The molecule has 3 rings (SSSR count). The quantitative estimate of drug-likeness (QED) is 0.678. The Morgan fingerprint density at radius 2 is 1.70 bits per heavy atom. The zero-order valence-corrected chi connectivity index (χ0v) is 10.5. The summed E-state index contributed by atoms with van der Waals surface area (Å²) < 4.78 is 0. The summed E-state index contributed by atoms with van der Waals surface area (Å²) in [6, 6.07) is 14.8. The van der Waals surface area contributed by atoms with Crippen LogP contribution in [0.2, 0.25) is 0 Å². The molecular formula is C15H10N4O. The number of nitrogens with zero attached hydrogens (tertiary/aromatic N) is 4. The molecule has 96 valence electrons. The van der Waals surface area contributed by atoms with Gasteiger partial charge in [0.1, 0.15) is 17.1 Å². The number of aromatic nitrogens is 4. The van der Waals surface area contributed by atoms with Crippen molar-refractivity contribution in [3.05, 3.63) is 60.4 Å². The molecule has 0 aliphatic carbocycles. The van der Waals surface area contributed by atoms with Crippen LogP contribution in [0.5, 0.6) is 0 Å². The molecule has 0 bridgehead atoms. The van der Waals surface area contributed by atoms with Crippen LogP contribution in [0.1, 0.15) is 10.5 Å². The van der Waals surface area contributed by atoms with Crippen molar-refractivity contribution in [2.45, 2.75) is 0 Å². The van der Waals surface area contributed by atoms with Gasteiger partial charge in [0.15, 0.2) is 12.1 Å². The van der Waals surface area contributed by atoms with Crippen LogP contribution in [-0.2, 0) is 0 Å². The Bertz CT molecular complexity index is 726. The molecule has 0 atom stereocenters. The van der Waals surface area contributed by atoms with E-state index in [1.807, 2.05) is 30.3 Å². The Morgan fingerprint density at radius 3 is 2.40 bits per heavy atom. The summed E-state index contributed by atoms with van der Waals surface area (Å²) in [5.41, 5.74) is 2.52. The Balaban J connectivity index is 1.95. The molecule has 3 aromatic rings. The van der Waals surface area contributed by atoms with E-state index in [-0.39, 0.29) is 0 Å². The van der Waals surface area contributed by atoms with Gasteiger partial charge in [0.2, 0.25) is 0 Å². The minimum atomic E-state index is 0.346. The lowest BCUT2D eigenvalue weighted by Gasteiger charge is -2.01. The van der Waals surface area contributed by atoms with E-state index < -0.39 is 0 Å². The Morgan fingerprint density at radius 1 is 0.850 bits per heavy atom. The molecule has 0 radical (unpaired) electrons. The number of hydrogen-bond acceptors (Lipinski definition) is 5. The molecule has 0 spiro atoms. The predicted molar refractivity (Wildman–Crippen MR) is 73.9 cm³/mol. The van der Waals surface area contributed by atoms with E-state index in [1.165, 1.54) is 0 Å². The molecule has 2 heterocycles. The van der Waals surface area contributed by atoms with E-state index >= 15 is 0 Å². The molecule has 0 saturated heterocycles. The maximum atomic E-state index is 10.7. The van der Waals surface area contributed by atoms with Gasteiger partial charge in [0.05, 0.1) is 6.20 Å². The number of rotatable bonds is 3. The summed E-state index contributed by atoms with van der Waals surface area (Å²) in [5, 5.41) is 8.20. The molecule has 5 heteroatoms. The molecule has 0 amide bonds. The molecule has 1 aromatic carbocycles. The Hall–Kier alpha value is -2.95. The topological polar surface area (TPSA) is 68.6 Å². The zero-order valence-electron chi connectivity index (χ0n) is 10.5. The van der Waals surface area contributed by atoms with E-state index in [0.29, 0.717) is 29.2 Å². The van der Waals surface area contributed by atoms with Gasteiger partial charge in [-0.1, -0.05) is 36.4 Å². The summed E-state index contributed by atoms with van der Waals surface area (Å²) in [7, 11) is 0. The van der Waals surface area contributed by atoms with Gasteiger partial charge in [-0.2, -0.15) is 0 Å². The fourth-order valence-corrected chi connectivity index (χ4v) is 1.78. The lowest BCUT2D eigenvalue weighted by molar-refractivity contribution is 0.111. The smallest absolute Gasteiger partial charge is 0.200 e. The summed E-state index contributed by atoms with van der Waals surface area (Å²) in [4.78, 5) is 19.1. The van der Waals surface area contributed by atoms with Gasteiger partial charge in [-0.25, -0.2) is 9.97 Å². The maximum Gasteiger partial charge on any atom is 0.200 e. The number of carbonyl (C=O) groups is 1. The summed E-state index contributed by atoms with van der Waals surface area (Å²) in [6.07, 6.45) is 2.34. The van der Waals surface area contributed by atoms with Crippen LogP contribution in [0, 0.1) is 0 Å². The fourth-order valence-electron chi connectivity index (χ4n) is 1.78. The zero-order chi connectivity index (χ0) is 13.8. The van der Waals surface area contributed by atoms with Gasteiger partial charge < -0.3 is 0 Å². The van der Waals surface area contributed by atoms with Crippen molar-refractivity contribution in [2.24, 2.45) is 0 Å². The molecule has 5 nitrogen and oxygen atoms in total. The predicted octanol–water partition coefficient (Wildman–Crippen LogP) is 2.41. The van der Waals surface area contributed by atoms with Crippen LogP contribution in [0.15, 0.2) is 54.7 Å². The summed E-state index contributed by atoms with van der Waals surface area (Å²) >= 11 is 0. The van der Waals surface area contributed by atoms with Gasteiger partial charge in [-0.15, -0.1) is 10.2 Å². The Kier molecular flexibility index (Phi) is 3.24. The highest BCUT2D eigenvalue weighted by Gasteiger charge is 2.06. The van der Waals surface area contributed by atoms with Gasteiger partial charge in [0.25, 0.3) is 0 Å². The highest BCUT2D eigenvalue weighted by molar-refractivity contribution is 5.73. The SMILES string of the molecule is O=Cc1cccc(-c2ncc(-c3ccccc3)nn2)n1. The third-order valence-corrected chi connectivity index (χ3v) is 2.75. The van der Waals surface area contributed by atoms with Crippen LogP contribution >= 0.6 is 0 Å². The standard InChI is InChI=1S/C15H10N4O/c20-10-12-7-4-8-13(17-12)15-16-9-14(18-19-15)11-5-2-1-3-6-11/h1-10H. The van der Waals surface area contributed by atoms with Gasteiger partial charge in [-0.3, -0.25) is 4.79 Å². The van der Waals surface area contributed by atoms with Crippen molar-refractivity contribution < 1.29 is 4.79 Å². The molecule has 0 aliphatic rings. The molecular weight excluding hydrogens is 252 g/mol. The van der Waals surface area contributed by atoms with E-state index in [2.05, 4.69) is 20.2 Å². The molecule has 2 aromatic heterocycles. The van der Waals surface area contributed by atoms with E-state index in [9.17, 15) is 4.79 Å². The van der Waals surface area contributed by atoms with E-state index in [4.69, 9.17) is 0 Å². The number of carbonyl (C=O) groups excluding carboxylic acids is 1. The first-order chi connectivity index (χ1) is 9.86. The van der Waals surface area contributed by atoms with Crippen molar-refractivity contribution in [1.82, 2.24) is 20.2 Å². The average Bonchev–Trinajstić information content (AvgIpc) is 2.56. The fraction of sp³-hybridized carbons (Fsp3) is 0. The maximum absolute atomic E-state index is 10.7. The highest BCUT2D eigenvalue weighted by Crippen LogP contribution is 2.16. The average molecular weight is 262 g/mol. The minimum absolute atomic E-state index is 0.346. The molecule has 20 heavy (non-hydrogen) atoms. The van der Waals surface area contributed by atoms with Gasteiger partial charge in [-0.05, 0) is 12.1 Å². The number of aldehydes is 1. The Labute approximate surface area is 115 Å². The molecule has 0 fully saturated rings. The van der Waals surface area contributed by atoms with Crippen molar-refractivity contribution in [2.75, 3.05) is 0 Å². The second-order valence-electron chi connectivity index (χ2n) is 4.10. The van der Waals surface area contributed by atoms with Crippen molar-refractivity contribution in [3.63, 3.8) is 0 Å². The normalized spacial score (nSPS) is 10.2. The first kappa shape index (κ1) is 12.1. The molecule has 0 saturated carbocycles. The van der Waals surface area contributed by atoms with Gasteiger partial charge in [0, 0.05) is 5.56 Å². The van der Waals surface area contributed by atoms with Crippen molar-refractivity contribution >= 4 is 6.29 Å². The third-order valence-electron chi connectivity index (χ3n) is 2.75. The van der Waals surface area contributed by atoms with Crippen LogP contribution in [-0.4, -0.2) is 26.5 Å². The second-order valence-corrected chi connectivity index (χ2v) is 4.10. The number of benzene rings is 1. The van der Waals surface area contributed by atoms with Crippen LogP contribution in [0.3, 0.4) is 0 Å².